The third-order valence-corrected chi connectivity index (χ3v) is 3.88. The van der Waals surface area contributed by atoms with E-state index in [4.69, 9.17) is 4.74 Å². The first kappa shape index (κ1) is 17.4. The molecule has 132 valence electrons. The summed E-state index contributed by atoms with van der Waals surface area (Å²) in [4.78, 5) is 21.0. The summed E-state index contributed by atoms with van der Waals surface area (Å²) in [5, 5.41) is 5.99. The van der Waals surface area contributed by atoms with E-state index in [9.17, 15) is 4.79 Å². The molecule has 2 aromatic carbocycles. The fraction of sp³-hybridized carbons (Fsp3) is 0.150. The lowest BCUT2D eigenvalue weighted by molar-refractivity contribution is 0.102. The standard InChI is InChI=1S/C20H20N4O2/c1-3-14-6-4-5-7-17(14)23-19(25)18-12-13-21-20(24-18)22-15-8-10-16(26-2)11-9-15/h4-13H,3H2,1-2H3,(H,23,25)(H,21,22,24). The Bertz CT molecular complexity index is 894. The van der Waals surface area contributed by atoms with Crippen LogP contribution in [0.25, 0.3) is 0 Å². The van der Waals surface area contributed by atoms with E-state index in [1.807, 2.05) is 55.5 Å². The Morgan fingerprint density at radius 3 is 2.58 bits per heavy atom. The van der Waals surface area contributed by atoms with Crippen LogP contribution in [0.3, 0.4) is 0 Å². The van der Waals surface area contributed by atoms with Gasteiger partial charge in [-0.25, -0.2) is 9.97 Å². The van der Waals surface area contributed by atoms with Crippen LogP contribution in [0.15, 0.2) is 60.8 Å². The smallest absolute Gasteiger partial charge is 0.274 e. The molecule has 1 amide bonds. The second-order valence-corrected chi connectivity index (χ2v) is 5.58. The van der Waals surface area contributed by atoms with Crippen molar-refractivity contribution in [1.82, 2.24) is 9.97 Å². The average molecular weight is 348 g/mol. The maximum atomic E-state index is 12.5. The molecule has 0 aliphatic rings. The number of aromatic nitrogens is 2. The Labute approximate surface area is 152 Å². The average Bonchev–Trinajstić information content (AvgIpc) is 2.69. The molecular formula is C20H20N4O2. The quantitative estimate of drug-likeness (QED) is 0.703. The van der Waals surface area contributed by atoms with Gasteiger partial charge in [0.25, 0.3) is 5.91 Å². The lowest BCUT2D eigenvalue weighted by atomic mass is 10.1. The highest BCUT2D eigenvalue weighted by Crippen LogP contribution is 2.19. The zero-order valence-corrected chi connectivity index (χ0v) is 14.7. The Hall–Kier alpha value is -3.41. The lowest BCUT2D eigenvalue weighted by Gasteiger charge is -2.10. The fourth-order valence-corrected chi connectivity index (χ4v) is 2.49. The minimum atomic E-state index is -0.272. The van der Waals surface area contributed by atoms with Crippen LogP contribution in [0.4, 0.5) is 17.3 Å². The van der Waals surface area contributed by atoms with Gasteiger partial charge in [-0.15, -0.1) is 0 Å². The largest absolute Gasteiger partial charge is 0.497 e. The van der Waals surface area contributed by atoms with Gasteiger partial charge in [0.05, 0.1) is 7.11 Å². The van der Waals surface area contributed by atoms with Gasteiger partial charge in [-0.05, 0) is 48.4 Å². The summed E-state index contributed by atoms with van der Waals surface area (Å²) in [6, 6.07) is 16.7. The highest BCUT2D eigenvalue weighted by Gasteiger charge is 2.11. The molecule has 0 spiro atoms. The zero-order chi connectivity index (χ0) is 18.4. The van der Waals surface area contributed by atoms with Crippen molar-refractivity contribution >= 4 is 23.2 Å². The number of para-hydroxylation sites is 1. The van der Waals surface area contributed by atoms with Crippen LogP contribution in [0.1, 0.15) is 23.0 Å². The molecule has 0 aliphatic carbocycles. The number of rotatable bonds is 6. The first-order valence-electron chi connectivity index (χ1n) is 8.33. The van der Waals surface area contributed by atoms with Gasteiger partial charge in [-0.2, -0.15) is 0 Å². The normalized spacial score (nSPS) is 10.2. The molecule has 26 heavy (non-hydrogen) atoms. The van der Waals surface area contributed by atoms with Crippen LogP contribution in [0.5, 0.6) is 5.75 Å². The van der Waals surface area contributed by atoms with E-state index in [2.05, 4.69) is 20.6 Å². The van der Waals surface area contributed by atoms with Gasteiger partial charge in [0.15, 0.2) is 0 Å². The van der Waals surface area contributed by atoms with Crippen molar-refractivity contribution in [2.75, 3.05) is 17.7 Å². The van der Waals surface area contributed by atoms with Gasteiger partial charge in [0.1, 0.15) is 11.4 Å². The summed E-state index contributed by atoms with van der Waals surface area (Å²) >= 11 is 0. The zero-order valence-electron chi connectivity index (χ0n) is 14.7. The van der Waals surface area contributed by atoms with Crippen LogP contribution in [-0.4, -0.2) is 23.0 Å². The second-order valence-electron chi connectivity index (χ2n) is 5.58. The molecule has 0 saturated carbocycles. The van der Waals surface area contributed by atoms with E-state index < -0.39 is 0 Å². The Morgan fingerprint density at radius 1 is 1.08 bits per heavy atom. The minimum absolute atomic E-state index is 0.272. The molecule has 1 aromatic heterocycles. The van der Waals surface area contributed by atoms with Crippen LogP contribution in [-0.2, 0) is 6.42 Å². The number of nitrogens with zero attached hydrogens (tertiary/aromatic N) is 2. The first-order valence-corrected chi connectivity index (χ1v) is 8.33. The molecule has 0 atom stereocenters. The summed E-state index contributed by atoms with van der Waals surface area (Å²) in [5.41, 5.74) is 2.97. The molecule has 6 nitrogen and oxygen atoms in total. The molecule has 2 N–H and O–H groups in total. The molecule has 0 saturated heterocycles. The number of anilines is 3. The monoisotopic (exact) mass is 348 g/mol. The number of hydrogen-bond acceptors (Lipinski definition) is 5. The van der Waals surface area contributed by atoms with E-state index in [0.29, 0.717) is 11.6 Å². The van der Waals surface area contributed by atoms with Crippen molar-refractivity contribution in [3.8, 4) is 5.75 Å². The summed E-state index contributed by atoms with van der Waals surface area (Å²) in [6.07, 6.45) is 2.39. The van der Waals surface area contributed by atoms with Crippen molar-refractivity contribution in [2.45, 2.75) is 13.3 Å². The predicted molar refractivity (Wildman–Crippen MR) is 102 cm³/mol. The van der Waals surface area contributed by atoms with Gasteiger partial charge < -0.3 is 15.4 Å². The predicted octanol–water partition coefficient (Wildman–Crippen LogP) is 4.04. The number of amides is 1. The van der Waals surface area contributed by atoms with Crippen molar-refractivity contribution < 1.29 is 9.53 Å². The van der Waals surface area contributed by atoms with E-state index in [1.165, 1.54) is 0 Å². The number of methoxy groups -OCH3 is 1. The molecule has 0 aliphatic heterocycles. The summed E-state index contributed by atoms with van der Waals surface area (Å²) in [5.74, 6) is 0.844. The number of nitrogens with one attached hydrogen (secondary N) is 2. The molecule has 3 rings (SSSR count). The Morgan fingerprint density at radius 2 is 1.85 bits per heavy atom. The second kappa shape index (κ2) is 8.11. The maximum absolute atomic E-state index is 12.5. The molecule has 0 unspecified atom stereocenters. The van der Waals surface area contributed by atoms with Gasteiger partial charge >= 0.3 is 0 Å². The number of hydrogen-bond donors (Lipinski definition) is 2. The van der Waals surface area contributed by atoms with E-state index in [-0.39, 0.29) is 5.91 Å². The summed E-state index contributed by atoms with van der Waals surface area (Å²) in [7, 11) is 1.62. The van der Waals surface area contributed by atoms with Crippen molar-refractivity contribution in [1.29, 1.82) is 0 Å². The molecule has 1 heterocycles. The number of carbonyl (C=O) groups excluding carboxylic acids is 1. The highest BCUT2D eigenvalue weighted by molar-refractivity contribution is 6.03. The fourth-order valence-electron chi connectivity index (χ4n) is 2.49. The number of carbonyl (C=O) groups is 1. The molecule has 0 fully saturated rings. The van der Waals surface area contributed by atoms with Crippen LogP contribution in [0, 0.1) is 0 Å². The molecule has 0 bridgehead atoms. The number of ether oxygens (including phenoxy) is 1. The van der Waals surface area contributed by atoms with Gasteiger partial charge in [0, 0.05) is 17.6 Å². The van der Waals surface area contributed by atoms with Gasteiger partial charge in [-0.1, -0.05) is 25.1 Å². The molecule has 0 radical (unpaired) electrons. The van der Waals surface area contributed by atoms with E-state index >= 15 is 0 Å². The van der Waals surface area contributed by atoms with Crippen LogP contribution in [0.2, 0.25) is 0 Å². The van der Waals surface area contributed by atoms with Gasteiger partial charge in [-0.3, -0.25) is 4.79 Å². The van der Waals surface area contributed by atoms with Crippen molar-refractivity contribution in [3.05, 3.63) is 72.1 Å². The SMILES string of the molecule is CCc1ccccc1NC(=O)c1ccnc(Nc2ccc(OC)cc2)n1. The minimum Gasteiger partial charge on any atom is -0.497 e. The van der Waals surface area contributed by atoms with Crippen LogP contribution >= 0.6 is 0 Å². The summed E-state index contributed by atoms with van der Waals surface area (Å²) < 4.78 is 5.13. The van der Waals surface area contributed by atoms with Crippen molar-refractivity contribution in [3.63, 3.8) is 0 Å². The summed E-state index contributed by atoms with van der Waals surface area (Å²) in [6.45, 7) is 2.05. The Kier molecular flexibility index (Phi) is 5.43. The molecule has 6 heteroatoms. The number of benzene rings is 2. The van der Waals surface area contributed by atoms with E-state index in [0.717, 1.165) is 29.1 Å². The van der Waals surface area contributed by atoms with E-state index in [1.54, 1.807) is 19.4 Å². The Balaban J connectivity index is 1.74. The first-order chi connectivity index (χ1) is 12.7. The topological polar surface area (TPSA) is 76.1 Å². The lowest BCUT2D eigenvalue weighted by Crippen LogP contribution is -2.15. The molecule has 3 aromatic rings. The number of aryl methyl sites for hydroxylation is 1. The van der Waals surface area contributed by atoms with Crippen LogP contribution < -0.4 is 15.4 Å². The molecular weight excluding hydrogens is 328 g/mol. The maximum Gasteiger partial charge on any atom is 0.274 e. The highest BCUT2D eigenvalue weighted by atomic mass is 16.5. The third-order valence-electron chi connectivity index (χ3n) is 3.88. The van der Waals surface area contributed by atoms with Gasteiger partial charge in [0.2, 0.25) is 5.95 Å². The van der Waals surface area contributed by atoms with Crippen molar-refractivity contribution in [2.24, 2.45) is 0 Å². The third kappa shape index (κ3) is 4.16.